The molecule has 0 radical (unpaired) electrons. The molecule has 3 N–H and O–H groups in total. The summed E-state index contributed by atoms with van der Waals surface area (Å²) < 4.78 is 29.6. The van der Waals surface area contributed by atoms with E-state index in [1.54, 1.807) is 28.4 Å². The van der Waals surface area contributed by atoms with Crippen LogP contribution in [0, 0.1) is 0 Å². The summed E-state index contributed by atoms with van der Waals surface area (Å²) in [7, 11) is 6.49. The predicted octanol–water partition coefficient (Wildman–Crippen LogP) is 5.10. The van der Waals surface area contributed by atoms with E-state index in [2.05, 4.69) is 6.58 Å². The fourth-order valence-corrected chi connectivity index (χ4v) is 6.80. The van der Waals surface area contributed by atoms with E-state index in [4.69, 9.17) is 23.7 Å². The fraction of sp³-hybridized carbons (Fsp3) is 0.308. The van der Waals surface area contributed by atoms with Crippen molar-refractivity contribution in [1.29, 1.82) is 0 Å². The van der Waals surface area contributed by atoms with Crippen molar-refractivity contribution in [3.05, 3.63) is 128 Å². The van der Waals surface area contributed by atoms with Crippen LogP contribution < -0.4 is 18.9 Å². The minimum absolute atomic E-state index is 0.0224. The Morgan fingerprint density at radius 3 is 1.00 bits per heavy atom. The van der Waals surface area contributed by atoms with Gasteiger partial charge < -0.3 is 39.0 Å². The number of carbonyl (C=O) groups excluding carboxylic acids is 1. The second kappa shape index (κ2) is 15.4. The van der Waals surface area contributed by atoms with Gasteiger partial charge in [-0.15, -0.1) is 0 Å². The van der Waals surface area contributed by atoms with Crippen LogP contribution >= 0.6 is 0 Å². The summed E-state index contributed by atoms with van der Waals surface area (Å²) in [5.41, 5.74) is 9.57. The van der Waals surface area contributed by atoms with Crippen LogP contribution in [-0.4, -0.2) is 49.7 Å². The quantitative estimate of drug-likeness (QED) is 0.139. The average Bonchev–Trinajstić information content (AvgIpc) is 3.09. The molecule has 0 heterocycles. The summed E-state index contributed by atoms with van der Waals surface area (Å²) in [5.74, 6) is 2.10. The number of methoxy groups -OCH3 is 4. The van der Waals surface area contributed by atoms with E-state index >= 15 is 0 Å². The largest absolute Gasteiger partial charge is 0.496 e. The smallest absolute Gasteiger partial charge is 0.330 e. The second-order valence-electron chi connectivity index (χ2n) is 11.8. The molecular formula is C39H42O9. The number of ether oxygens (including phenoxy) is 5. The van der Waals surface area contributed by atoms with Crippen molar-refractivity contribution in [2.45, 2.75) is 52.1 Å². The molecule has 9 heteroatoms. The highest BCUT2D eigenvalue weighted by Gasteiger charge is 2.23. The number of aliphatic hydroxyl groups is 3. The molecule has 1 aliphatic carbocycles. The zero-order valence-corrected chi connectivity index (χ0v) is 27.9. The first-order valence-corrected chi connectivity index (χ1v) is 15.7. The van der Waals surface area contributed by atoms with Crippen LogP contribution in [0.3, 0.4) is 0 Å². The van der Waals surface area contributed by atoms with E-state index in [0.29, 0.717) is 59.8 Å². The third kappa shape index (κ3) is 7.18. The molecule has 0 saturated heterocycles. The van der Waals surface area contributed by atoms with Gasteiger partial charge in [0.2, 0.25) is 0 Å². The highest BCUT2D eigenvalue weighted by molar-refractivity contribution is 5.81. The van der Waals surface area contributed by atoms with Gasteiger partial charge >= 0.3 is 5.97 Å². The van der Waals surface area contributed by atoms with E-state index in [9.17, 15) is 20.1 Å². The number of carbonyl (C=O) groups is 1. The van der Waals surface area contributed by atoms with Gasteiger partial charge in [0.1, 0.15) is 29.6 Å². The lowest BCUT2D eigenvalue weighted by atomic mass is 9.88. The van der Waals surface area contributed by atoms with Crippen LogP contribution in [-0.2, 0) is 61.6 Å². The minimum Gasteiger partial charge on any atom is -0.496 e. The number of fused-ring (bicyclic) bond motifs is 8. The summed E-state index contributed by atoms with van der Waals surface area (Å²) in [6, 6.07) is 15.4. The van der Waals surface area contributed by atoms with E-state index in [0.717, 1.165) is 61.7 Å². The third-order valence-corrected chi connectivity index (χ3v) is 8.65. The number of rotatable bonds is 10. The second-order valence-corrected chi connectivity index (χ2v) is 11.8. The van der Waals surface area contributed by atoms with Crippen molar-refractivity contribution >= 4 is 5.97 Å². The Bertz CT molecular complexity index is 1720. The van der Waals surface area contributed by atoms with Crippen molar-refractivity contribution < 1.29 is 43.8 Å². The van der Waals surface area contributed by atoms with Crippen molar-refractivity contribution in [2.24, 2.45) is 0 Å². The molecule has 8 bridgehead atoms. The van der Waals surface area contributed by atoms with Crippen LogP contribution in [0.25, 0.3) is 0 Å². The summed E-state index contributed by atoms with van der Waals surface area (Å²) >= 11 is 0. The fourth-order valence-electron chi connectivity index (χ4n) is 6.80. The Labute approximate surface area is 280 Å². The van der Waals surface area contributed by atoms with E-state index < -0.39 is 5.97 Å². The summed E-state index contributed by atoms with van der Waals surface area (Å²) in [5, 5.41) is 30.9. The van der Waals surface area contributed by atoms with Crippen LogP contribution in [0.4, 0.5) is 0 Å². The zero-order valence-electron chi connectivity index (χ0n) is 27.9. The van der Waals surface area contributed by atoms with Crippen molar-refractivity contribution in [2.75, 3.05) is 28.4 Å². The molecule has 0 saturated carbocycles. The van der Waals surface area contributed by atoms with Crippen LogP contribution in [0.5, 0.6) is 23.0 Å². The molecule has 0 aliphatic heterocycles. The molecule has 252 valence electrons. The standard InChI is InChI=1S/C39H42O9/c1-6-35(43)48-22-26-13-33-17-31-11-24(20-41)9-29(37(31)45-3)15-27-7-23(19-40)8-28(36(27)44-2)16-30-10-25(21-42)12-32(38(30)46-4)18-34(14-26)39(33)47-5/h6-14,40-42H,1,15-22H2,2-5H3. The molecule has 0 amide bonds. The molecule has 0 spiro atoms. The summed E-state index contributed by atoms with van der Waals surface area (Å²) in [4.78, 5) is 12.0. The molecule has 0 fully saturated rings. The summed E-state index contributed by atoms with van der Waals surface area (Å²) in [6.07, 6.45) is 2.67. The Morgan fingerprint density at radius 2 is 0.792 bits per heavy atom. The van der Waals surface area contributed by atoms with Gasteiger partial charge in [0.05, 0.1) is 48.3 Å². The molecule has 9 nitrogen and oxygen atoms in total. The topological polar surface area (TPSA) is 124 Å². The van der Waals surface area contributed by atoms with Crippen molar-refractivity contribution in [3.63, 3.8) is 0 Å². The molecule has 0 atom stereocenters. The molecule has 0 unspecified atom stereocenters. The SMILES string of the molecule is C=CC(=O)OCc1cc2c(OC)c(c1)Cc1cc(CO)cc(c1OC)Cc1cc(CO)cc(c1OC)Cc1cc(CO)cc(c1OC)C2. The highest BCUT2D eigenvalue weighted by Crippen LogP contribution is 2.40. The maximum atomic E-state index is 12.0. The lowest BCUT2D eigenvalue weighted by Gasteiger charge is -2.23. The van der Waals surface area contributed by atoms with Crippen LogP contribution in [0.15, 0.2) is 61.2 Å². The monoisotopic (exact) mass is 654 g/mol. The first-order chi connectivity index (χ1) is 23.3. The number of hydrogen-bond acceptors (Lipinski definition) is 9. The van der Waals surface area contributed by atoms with Crippen LogP contribution in [0.2, 0.25) is 0 Å². The molecular weight excluding hydrogens is 612 g/mol. The molecule has 5 rings (SSSR count). The van der Waals surface area contributed by atoms with Gasteiger partial charge in [-0.1, -0.05) is 6.58 Å². The van der Waals surface area contributed by atoms with E-state index in [1.165, 1.54) is 0 Å². The van der Waals surface area contributed by atoms with Gasteiger partial charge in [0, 0.05) is 31.8 Å². The lowest BCUT2D eigenvalue weighted by molar-refractivity contribution is -0.138. The molecule has 4 aromatic rings. The zero-order chi connectivity index (χ0) is 34.4. The van der Waals surface area contributed by atoms with Crippen molar-refractivity contribution in [1.82, 2.24) is 0 Å². The number of esters is 1. The normalized spacial score (nSPS) is 12.2. The first-order valence-electron chi connectivity index (χ1n) is 15.7. The van der Waals surface area contributed by atoms with E-state index in [1.807, 2.05) is 48.5 Å². The Balaban J connectivity index is 1.84. The lowest BCUT2D eigenvalue weighted by Crippen LogP contribution is -2.09. The maximum absolute atomic E-state index is 12.0. The highest BCUT2D eigenvalue weighted by atomic mass is 16.5. The molecule has 48 heavy (non-hydrogen) atoms. The van der Waals surface area contributed by atoms with Gasteiger partial charge in [-0.3, -0.25) is 0 Å². The first kappa shape index (κ1) is 34.5. The Morgan fingerprint density at radius 1 is 0.542 bits per heavy atom. The molecule has 1 aliphatic rings. The third-order valence-electron chi connectivity index (χ3n) is 8.65. The van der Waals surface area contributed by atoms with Crippen molar-refractivity contribution in [3.8, 4) is 23.0 Å². The average molecular weight is 655 g/mol. The Hall–Kier alpha value is -4.83. The molecule has 0 aromatic heterocycles. The number of aliphatic hydroxyl groups excluding tert-OH is 3. The van der Waals surface area contributed by atoms with Gasteiger partial charge in [0.25, 0.3) is 0 Å². The van der Waals surface area contributed by atoms with Gasteiger partial charge in [-0.05, 0) is 115 Å². The van der Waals surface area contributed by atoms with Gasteiger partial charge in [-0.25, -0.2) is 4.79 Å². The Kier molecular flexibility index (Phi) is 11.1. The molecule has 4 aromatic carbocycles. The van der Waals surface area contributed by atoms with Gasteiger partial charge in [0.15, 0.2) is 0 Å². The predicted molar refractivity (Wildman–Crippen MR) is 181 cm³/mol. The maximum Gasteiger partial charge on any atom is 0.330 e. The van der Waals surface area contributed by atoms with Gasteiger partial charge in [-0.2, -0.15) is 0 Å². The number of hydrogen-bond donors (Lipinski definition) is 3. The minimum atomic E-state index is -0.532. The number of benzene rings is 4. The van der Waals surface area contributed by atoms with E-state index in [-0.39, 0.29) is 26.4 Å². The summed E-state index contributed by atoms with van der Waals surface area (Å²) in [6.45, 7) is 3.01. The van der Waals surface area contributed by atoms with Crippen LogP contribution in [0.1, 0.15) is 66.8 Å².